The number of hydrogen-bond donors (Lipinski definition) is 1. The lowest BCUT2D eigenvalue weighted by molar-refractivity contribution is 0.239. The van der Waals surface area contributed by atoms with Gasteiger partial charge in [0, 0.05) is 6.20 Å². The molecule has 0 bridgehead atoms. The molecule has 1 aliphatic rings. The van der Waals surface area contributed by atoms with Crippen molar-refractivity contribution in [1.29, 1.82) is 5.26 Å². The highest BCUT2D eigenvalue weighted by Gasteiger charge is 2.31. The minimum atomic E-state index is -3.94. The highest BCUT2D eigenvalue weighted by Crippen LogP contribution is 2.37. The van der Waals surface area contributed by atoms with E-state index >= 15 is 0 Å². The van der Waals surface area contributed by atoms with Crippen molar-refractivity contribution in [3.63, 3.8) is 0 Å². The van der Waals surface area contributed by atoms with Gasteiger partial charge in [-0.05, 0) is 37.3 Å². The van der Waals surface area contributed by atoms with E-state index in [1.165, 1.54) is 30.1 Å². The van der Waals surface area contributed by atoms with E-state index in [-0.39, 0.29) is 9.48 Å². The molecule has 1 atom stereocenters. The van der Waals surface area contributed by atoms with Gasteiger partial charge >= 0.3 is 6.03 Å². The zero-order valence-corrected chi connectivity index (χ0v) is 14.3. The Kier molecular flexibility index (Phi) is 5.05. The number of amides is 2. The highest BCUT2D eigenvalue weighted by atomic mass is 32.2. The second-order valence-corrected chi connectivity index (χ2v) is 8.42. The maximum Gasteiger partial charge on any atom is 0.345 e. The number of nitriles is 1. The second kappa shape index (κ2) is 6.64. The topological polar surface area (TPSA) is 90.3 Å². The van der Waals surface area contributed by atoms with Crippen molar-refractivity contribution in [1.82, 2.24) is 9.03 Å². The summed E-state index contributed by atoms with van der Waals surface area (Å²) in [5, 5.41) is 8.98. The predicted octanol–water partition coefficient (Wildman–Crippen LogP) is 2.45. The van der Waals surface area contributed by atoms with Gasteiger partial charge < -0.3 is 0 Å². The number of hydrogen-bond acceptors (Lipinski definition) is 6. The molecule has 1 aliphatic heterocycles. The third-order valence-corrected chi connectivity index (χ3v) is 6.61. The number of aryl methyl sites for hydroxylation is 1. The number of carbonyl (C=O) groups excluding carboxylic acids is 1. The van der Waals surface area contributed by atoms with E-state index in [1.807, 2.05) is 24.0 Å². The Morgan fingerprint density at radius 1 is 1.41 bits per heavy atom. The monoisotopic (exact) mass is 355 g/mol. The molecule has 1 heterocycles. The number of rotatable bonds is 3. The van der Waals surface area contributed by atoms with Crippen molar-refractivity contribution in [2.45, 2.75) is 16.4 Å². The molecular formula is C13H13N3O3S3. The van der Waals surface area contributed by atoms with Gasteiger partial charge in [0.25, 0.3) is 10.0 Å². The van der Waals surface area contributed by atoms with Gasteiger partial charge in [-0.25, -0.2) is 22.2 Å². The molecule has 9 heteroatoms. The SMILES string of the molecule is CSC1SN(C(=O)NS(=O)(=O)c2ccc(C)cc2)C=C1C#N. The molecule has 0 aromatic heterocycles. The van der Waals surface area contributed by atoms with Gasteiger partial charge in [0.15, 0.2) is 0 Å². The van der Waals surface area contributed by atoms with Crippen LogP contribution in [0.25, 0.3) is 0 Å². The summed E-state index contributed by atoms with van der Waals surface area (Å²) in [5.74, 6) is 0. The molecule has 6 nitrogen and oxygen atoms in total. The molecular weight excluding hydrogens is 342 g/mol. The van der Waals surface area contributed by atoms with Crippen molar-refractivity contribution < 1.29 is 13.2 Å². The van der Waals surface area contributed by atoms with Crippen molar-refractivity contribution in [2.24, 2.45) is 0 Å². The van der Waals surface area contributed by atoms with Crippen LogP contribution in [0.5, 0.6) is 0 Å². The first-order valence-electron chi connectivity index (χ1n) is 6.11. The molecule has 0 radical (unpaired) electrons. The summed E-state index contributed by atoms with van der Waals surface area (Å²) >= 11 is 2.50. The smallest absolute Gasteiger partial charge is 0.246 e. The maximum atomic E-state index is 12.2. The van der Waals surface area contributed by atoms with Gasteiger partial charge in [0.2, 0.25) is 0 Å². The fraction of sp³-hybridized carbons (Fsp3) is 0.231. The fourth-order valence-electron chi connectivity index (χ4n) is 1.67. The first-order valence-corrected chi connectivity index (χ1v) is 9.72. The Labute approximate surface area is 137 Å². The maximum absolute atomic E-state index is 12.2. The third kappa shape index (κ3) is 3.58. The van der Waals surface area contributed by atoms with E-state index in [1.54, 1.807) is 12.1 Å². The van der Waals surface area contributed by atoms with Gasteiger partial charge in [-0.1, -0.05) is 17.7 Å². The Morgan fingerprint density at radius 2 is 2.05 bits per heavy atom. The van der Waals surface area contributed by atoms with E-state index in [4.69, 9.17) is 5.26 Å². The molecule has 0 saturated carbocycles. The quantitative estimate of drug-likeness (QED) is 0.838. The van der Waals surface area contributed by atoms with E-state index in [0.29, 0.717) is 5.57 Å². The Balaban J connectivity index is 2.14. The zero-order valence-electron chi connectivity index (χ0n) is 11.8. The van der Waals surface area contributed by atoms with Gasteiger partial charge in [-0.3, -0.25) is 0 Å². The molecule has 1 aromatic carbocycles. The number of sulfonamides is 1. The summed E-state index contributed by atoms with van der Waals surface area (Å²) < 4.78 is 27.2. The van der Waals surface area contributed by atoms with E-state index in [0.717, 1.165) is 21.8 Å². The summed E-state index contributed by atoms with van der Waals surface area (Å²) in [6.45, 7) is 1.84. The number of benzene rings is 1. The van der Waals surface area contributed by atoms with Crippen molar-refractivity contribution >= 4 is 39.8 Å². The van der Waals surface area contributed by atoms with Gasteiger partial charge in [0.1, 0.15) is 4.58 Å². The first-order chi connectivity index (χ1) is 10.4. The second-order valence-electron chi connectivity index (χ2n) is 4.42. The summed E-state index contributed by atoms with van der Waals surface area (Å²) in [4.78, 5) is 12.1. The molecule has 1 unspecified atom stereocenters. The number of nitrogens with zero attached hydrogens (tertiary/aromatic N) is 2. The third-order valence-electron chi connectivity index (χ3n) is 2.82. The summed E-state index contributed by atoms with van der Waals surface area (Å²) in [7, 11) is -3.94. The lowest BCUT2D eigenvalue weighted by Gasteiger charge is -2.15. The Morgan fingerprint density at radius 3 is 2.55 bits per heavy atom. The van der Waals surface area contributed by atoms with Crippen LogP contribution in [0.1, 0.15) is 5.56 Å². The van der Waals surface area contributed by atoms with Crippen LogP contribution >= 0.6 is 23.7 Å². The van der Waals surface area contributed by atoms with Crippen LogP contribution < -0.4 is 4.72 Å². The molecule has 22 heavy (non-hydrogen) atoms. The van der Waals surface area contributed by atoms with E-state index in [9.17, 15) is 13.2 Å². The molecule has 0 spiro atoms. The number of urea groups is 1. The van der Waals surface area contributed by atoms with Crippen LogP contribution in [-0.2, 0) is 10.0 Å². The predicted molar refractivity (Wildman–Crippen MR) is 87.3 cm³/mol. The largest absolute Gasteiger partial charge is 0.345 e. The number of carbonyl (C=O) groups is 1. The summed E-state index contributed by atoms with van der Waals surface area (Å²) in [6, 6.07) is 7.38. The lowest BCUT2D eigenvalue weighted by atomic mass is 10.2. The van der Waals surface area contributed by atoms with Crippen LogP contribution in [0.2, 0.25) is 0 Å². The zero-order chi connectivity index (χ0) is 16.3. The molecule has 1 aromatic rings. The van der Waals surface area contributed by atoms with Gasteiger partial charge in [-0.2, -0.15) is 5.26 Å². The van der Waals surface area contributed by atoms with E-state index in [2.05, 4.69) is 0 Å². The standard InChI is InChI=1S/C13H13N3O3S3/c1-9-3-5-11(6-4-9)22(18,19)15-13(17)16-8-10(7-14)12(20-2)21-16/h3-6,8,12H,1-2H3,(H,15,17). The van der Waals surface area contributed by atoms with E-state index < -0.39 is 16.1 Å². The molecule has 0 saturated heterocycles. The summed E-state index contributed by atoms with van der Waals surface area (Å²) in [6.07, 6.45) is 3.17. The average molecular weight is 355 g/mol. The number of nitrogens with one attached hydrogen (secondary N) is 1. The molecule has 116 valence electrons. The Bertz CT molecular complexity index is 751. The minimum absolute atomic E-state index is 0.0153. The molecule has 0 fully saturated rings. The van der Waals surface area contributed by atoms with Gasteiger partial charge in [-0.15, -0.1) is 11.8 Å². The van der Waals surface area contributed by atoms with Crippen molar-refractivity contribution in [3.05, 3.63) is 41.6 Å². The van der Waals surface area contributed by atoms with Crippen molar-refractivity contribution in [2.75, 3.05) is 6.26 Å². The minimum Gasteiger partial charge on any atom is -0.246 e. The lowest BCUT2D eigenvalue weighted by Crippen LogP contribution is -2.36. The highest BCUT2D eigenvalue weighted by molar-refractivity contribution is 8.16. The van der Waals surface area contributed by atoms with Gasteiger partial charge in [0.05, 0.1) is 16.5 Å². The summed E-state index contributed by atoms with van der Waals surface area (Å²) in [5.41, 5.74) is 1.34. The molecule has 2 amide bonds. The van der Waals surface area contributed by atoms with Crippen LogP contribution in [0.15, 0.2) is 40.9 Å². The number of thioether (sulfide) groups is 1. The van der Waals surface area contributed by atoms with Crippen LogP contribution in [-0.4, -0.2) is 29.6 Å². The first kappa shape index (κ1) is 16.7. The molecule has 2 rings (SSSR count). The van der Waals surface area contributed by atoms with Crippen molar-refractivity contribution in [3.8, 4) is 6.07 Å². The molecule has 0 aliphatic carbocycles. The Hall–Kier alpha value is -1.63. The van der Waals surface area contributed by atoms with Crippen LogP contribution in [0.4, 0.5) is 4.79 Å². The fourth-order valence-corrected chi connectivity index (χ4v) is 4.41. The molecule has 1 N–H and O–H groups in total. The average Bonchev–Trinajstić information content (AvgIpc) is 2.90. The van der Waals surface area contributed by atoms with Crippen LogP contribution in [0.3, 0.4) is 0 Å². The normalized spacial score (nSPS) is 17.8. The van der Waals surface area contributed by atoms with Crippen LogP contribution in [0, 0.1) is 18.3 Å².